The van der Waals surface area contributed by atoms with Crippen LogP contribution in [0.15, 0.2) is 18.2 Å². The molecule has 34 heavy (non-hydrogen) atoms. The van der Waals surface area contributed by atoms with E-state index >= 15 is 8.78 Å². The summed E-state index contributed by atoms with van der Waals surface area (Å²) in [7, 11) is 0. The molecule has 3 atom stereocenters. The molecule has 6 rings (SSSR count). The van der Waals surface area contributed by atoms with E-state index in [0.717, 1.165) is 23.9 Å². The number of thiophene rings is 1. The third-order valence-corrected chi connectivity index (χ3v) is 8.08. The third-order valence-electron chi connectivity index (χ3n) is 6.96. The SMILES string of the molecule is Cc1ccc2c(N)c(C(=O)N[C@H]3COc4c(F)c(N5CC6CCC(C5)N6)cc(F)c4C3)sc2n1. The van der Waals surface area contributed by atoms with Crippen LogP contribution in [0.5, 0.6) is 5.75 Å². The maximum Gasteiger partial charge on any atom is 0.263 e. The number of piperazine rings is 1. The van der Waals surface area contributed by atoms with Crippen LogP contribution in [0.3, 0.4) is 0 Å². The summed E-state index contributed by atoms with van der Waals surface area (Å²) in [4.78, 5) is 20.3. The lowest BCUT2D eigenvalue weighted by atomic mass is 10.00. The molecule has 2 fully saturated rings. The molecule has 5 heterocycles. The summed E-state index contributed by atoms with van der Waals surface area (Å²) in [6, 6.07) is 5.06. The molecule has 1 amide bonds. The lowest BCUT2D eigenvalue weighted by molar-refractivity contribution is 0.0918. The van der Waals surface area contributed by atoms with E-state index < -0.39 is 17.7 Å². The molecule has 2 bridgehead atoms. The van der Waals surface area contributed by atoms with Crippen molar-refractivity contribution in [2.75, 3.05) is 30.3 Å². The first-order valence-corrected chi connectivity index (χ1v) is 12.3. The zero-order valence-corrected chi connectivity index (χ0v) is 19.5. The number of pyridine rings is 1. The Kier molecular flexibility index (Phi) is 5.11. The van der Waals surface area contributed by atoms with Crippen molar-refractivity contribution in [1.29, 1.82) is 0 Å². The van der Waals surface area contributed by atoms with Crippen LogP contribution in [0, 0.1) is 18.6 Å². The molecule has 10 heteroatoms. The van der Waals surface area contributed by atoms with Crippen molar-refractivity contribution in [3.05, 3.63) is 46.0 Å². The number of nitrogens with zero attached hydrogens (tertiary/aromatic N) is 2. The molecule has 178 valence electrons. The van der Waals surface area contributed by atoms with E-state index in [1.54, 1.807) is 0 Å². The number of carbonyl (C=O) groups excluding carboxylic acids is 1. The second kappa shape index (κ2) is 8.06. The topological polar surface area (TPSA) is 92.5 Å². The fraction of sp³-hybridized carbons (Fsp3) is 0.417. The van der Waals surface area contributed by atoms with Gasteiger partial charge in [0.05, 0.1) is 17.4 Å². The molecule has 0 aliphatic carbocycles. The maximum absolute atomic E-state index is 15.4. The van der Waals surface area contributed by atoms with Crippen LogP contribution >= 0.6 is 11.3 Å². The number of nitrogens with one attached hydrogen (secondary N) is 2. The van der Waals surface area contributed by atoms with Gasteiger partial charge in [-0.3, -0.25) is 4.79 Å². The van der Waals surface area contributed by atoms with Gasteiger partial charge in [0, 0.05) is 54.3 Å². The molecule has 0 spiro atoms. The molecule has 2 unspecified atom stereocenters. The molecule has 2 saturated heterocycles. The Bertz CT molecular complexity index is 1300. The molecular formula is C24H25F2N5O2S. The van der Waals surface area contributed by atoms with Gasteiger partial charge in [0.25, 0.3) is 5.91 Å². The normalized spacial score (nSPS) is 23.6. The highest BCUT2D eigenvalue weighted by Crippen LogP contribution is 2.38. The first kappa shape index (κ1) is 21.5. The molecule has 0 radical (unpaired) electrons. The van der Waals surface area contributed by atoms with Crippen LogP contribution in [-0.4, -0.2) is 48.7 Å². The predicted octanol–water partition coefficient (Wildman–Crippen LogP) is 3.14. The van der Waals surface area contributed by atoms with Gasteiger partial charge in [-0.2, -0.15) is 0 Å². The number of amides is 1. The maximum atomic E-state index is 15.4. The first-order valence-electron chi connectivity index (χ1n) is 11.5. The lowest BCUT2D eigenvalue weighted by Gasteiger charge is -2.36. The number of nitrogen functional groups attached to an aromatic ring is 1. The minimum Gasteiger partial charge on any atom is -0.488 e. The predicted molar refractivity (Wildman–Crippen MR) is 128 cm³/mol. The summed E-state index contributed by atoms with van der Waals surface area (Å²) in [5.41, 5.74) is 7.79. The Labute approximate surface area is 199 Å². The number of carbonyl (C=O) groups is 1. The van der Waals surface area contributed by atoms with Crippen molar-refractivity contribution in [3.8, 4) is 5.75 Å². The van der Waals surface area contributed by atoms with Gasteiger partial charge in [0.2, 0.25) is 0 Å². The number of nitrogens with two attached hydrogens (primary N) is 1. The van der Waals surface area contributed by atoms with Gasteiger partial charge >= 0.3 is 0 Å². The van der Waals surface area contributed by atoms with Crippen LogP contribution in [0.2, 0.25) is 0 Å². The van der Waals surface area contributed by atoms with Gasteiger partial charge in [-0.1, -0.05) is 0 Å². The van der Waals surface area contributed by atoms with Gasteiger partial charge in [0.15, 0.2) is 11.6 Å². The molecule has 7 nitrogen and oxygen atoms in total. The number of aromatic nitrogens is 1. The van der Waals surface area contributed by atoms with Crippen LogP contribution in [0.1, 0.15) is 33.8 Å². The summed E-state index contributed by atoms with van der Waals surface area (Å²) >= 11 is 1.22. The van der Waals surface area contributed by atoms with Crippen LogP contribution in [-0.2, 0) is 6.42 Å². The van der Waals surface area contributed by atoms with Gasteiger partial charge in [-0.25, -0.2) is 13.8 Å². The number of ether oxygens (including phenoxy) is 1. The average molecular weight is 486 g/mol. The standard InChI is InChI=1S/C24H25F2N5O2S/c1-11-2-5-15-20(27)22(34-24(15)28-11)23(32)30-14-6-16-17(25)7-18(19(26)21(16)33-10-14)31-8-12-3-4-13(9-31)29-12/h2,5,7,12-14,29H,3-4,6,8-10,27H2,1H3,(H,30,32)/t12?,13?,14-/m1/s1. The smallest absolute Gasteiger partial charge is 0.263 e. The van der Waals surface area contributed by atoms with Crippen molar-refractivity contribution in [2.24, 2.45) is 0 Å². The highest BCUT2D eigenvalue weighted by atomic mass is 32.1. The van der Waals surface area contributed by atoms with Crippen molar-refractivity contribution in [1.82, 2.24) is 15.6 Å². The Morgan fingerprint density at radius 1 is 1.29 bits per heavy atom. The number of halogens is 2. The Balaban J connectivity index is 1.22. The summed E-state index contributed by atoms with van der Waals surface area (Å²) < 4.78 is 36.2. The largest absolute Gasteiger partial charge is 0.488 e. The van der Waals surface area contributed by atoms with Crippen LogP contribution in [0.25, 0.3) is 10.2 Å². The van der Waals surface area contributed by atoms with Crippen molar-refractivity contribution < 1.29 is 18.3 Å². The van der Waals surface area contributed by atoms with E-state index in [2.05, 4.69) is 15.6 Å². The average Bonchev–Trinajstić information content (AvgIpc) is 3.33. The lowest BCUT2D eigenvalue weighted by Crippen LogP contribution is -2.51. The fourth-order valence-corrected chi connectivity index (χ4v) is 6.33. The van der Waals surface area contributed by atoms with E-state index in [0.29, 0.717) is 40.6 Å². The van der Waals surface area contributed by atoms with E-state index in [1.807, 2.05) is 24.0 Å². The highest BCUT2D eigenvalue weighted by Gasteiger charge is 2.36. The Morgan fingerprint density at radius 2 is 2.06 bits per heavy atom. The zero-order chi connectivity index (χ0) is 23.6. The minimum absolute atomic E-state index is 0.0487. The van der Waals surface area contributed by atoms with Crippen molar-refractivity contribution in [3.63, 3.8) is 0 Å². The molecule has 3 aliphatic rings. The number of anilines is 2. The monoisotopic (exact) mass is 485 g/mol. The molecule has 3 aliphatic heterocycles. The molecule has 3 aromatic rings. The third kappa shape index (κ3) is 3.56. The number of aryl methyl sites for hydroxylation is 1. The van der Waals surface area contributed by atoms with Gasteiger partial charge < -0.3 is 26.0 Å². The quantitative estimate of drug-likeness (QED) is 0.528. The number of hydrogen-bond donors (Lipinski definition) is 3. The summed E-state index contributed by atoms with van der Waals surface area (Å²) in [5.74, 6) is -1.47. The molecular weight excluding hydrogens is 460 g/mol. The van der Waals surface area contributed by atoms with Crippen LogP contribution < -0.4 is 26.0 Å². The summed E-state index contributed by atoms with van der Waals surface area (Å²) in [5, 5.41) is 7.10. The van der Waals surface area contributed by atoms with Gasteiger partial charge in [-0.15, -0.1) is 11.3 Å². The van der Waals surface area contributed by atoms with E-state index in [9.17, 15) is 4.79 Å². The summed E-state index contributed by atoms with van der Waals surface area (Å²) in [6.07, 6.45) is 2.24. The van der Waals surface area contributed by atoms with Crippen molar-refractivity contribution in [2.45, 2.75) is 44.3 Å². The molecule has 4 N–H and O–H groups in total. The number of fused-ring (bicyclic) bond motifs is 4. The number of benzene rings is 1. The Hall–Kier alpha value is -2.98. The molecule has 0 saturated carbocycles. The zero-order valence-electron chi connectivity index (χ0n) is 18.7. The molecule has 1 aromatic carbocycles. The first-order chi connectivity index (χ1) is 16.4. The second-order valence-corrected chi connectivity index (χ2v) is 10.4. The number of rotatable bonds is 3. The van der Waals surface area contributed by atoms with E-state index in [-0.39, 0.29) is 35.9 Å². The number of hydrogen-bond acceptors (Lipinski definition) is 7. The van der Waals surface area contributed by atoms with Gasteiger partial charge in [0.1, 0.15) is 22.1 Å². The summed E-state index contributed by atoms with van der Waals surface area (Å²) in [6.45, 7) is 3.22. The molecule has 2 aromatic heterocycles. The fourth-order valence-electron chi connectivity index (χ4n) is 5.28. The van der Waals surface area contributed by atoms with E-state index in [4.69, 9.17) is 10.5 Å². The van der Waals surface area contributed by atoms with E-state index in [1.165, 1.54) is 17.4 Å². The van der Waals surface area contributed by atoms with Crippen molar-refractivity contribution >= 4 is 38.8 Å². The highest BCUT2D eigenvalue weighted by molar-refractivity contribution is 7.21. The minimum atomic E-state index is -0.530. The van der Waals surface area contributed by atoms with Gasteiger partial charge in [-0.05, 0) is 31.9 Å². The van der Waals surface area contributed by atoms with Crippen LogP contribution in [0.4, 0.5) is 20.2 Å². The second-order valence-electron chi connectivity index (χ2n) is 9.38. The Morgan fingerprint density at radius 3 is 2.82 bits per heavy atom.